The molecule has 2 aliphatic heterocycles. The molecule has 4 rings (SSSR count). The number of piperidine rings is 2. The Kier molecular flexibility index (Phi) is 7.99. The topological polar surface area (TPSA) is 61.9 Å². The van der Waals surface area contributed by atoms with Gasteiger partial charge >= 0.3 is 0 Å². The molecule has 0 unspecified atom stereocenters. The highest BCUT2D eigenvalue weighted by Crippen LogP contribution is 2.31. The Balaban J connectivity index is 1.49. The highest BCUT2D eigenvalue weighted by atomic mass is 35.5. The van der Waals surface area contributed by atoms with Crippen molar-refractivity contribution in [1.82, 2.24) is 4.90 Å². The summed E-state index contributed by atoms with van der Waals surface area (Å²) in [6.45, 7) is 7.84. The minimum Gasteiger partial charge on any atom is -0.484 e. The molecule has 1 N–H and O–H groups in total. The van der Waals surface area contributed by atoms with Crippen molar-refractivity contribution >= 4 is 34.8 Å². The molecule has 182 valence electrons. The highest BCUT2D eigenvalue weighted by molar-refractivity contribution is 6.30. The Bertz CT molecular complexity index is 995. The van der Waals surface area contributed by atoms with E-state index in [9.17, 15) is 9.59 Å². The number of ether oxygens (including phenoxy) is 1. The number of carbonyl (C=O) groups is 2. The van der Waals surface area contributed by atoms with Crippen molar-refractivity contribution in [2.45, 2.75) is 39.5 Å². The van der Waals surface area contributed by atoms with Crippen molar-refractivity contribution < 1.29 is 14.3 Å². The molecular weight excluding hydrogens is 450 g/mol. The lowest BCUT2D eigenvalue weighted by molar-refractivity contribution is -0.118. The molecule has 0 spiro atoms. The standard InChI is InChI=1S/C27H34ClN3O3/c1-19-9-13-30(14-10-19)25-8-5-22(17-24(25)27(33)31-15-11-20(2)12-16-31)29-26(32)18-34-23-6-3-21(28)4-7-23/h3-8,17,19-20H,9-16,18H2,1-2H3,(H,29,32). The second kappa shape index (κ2) is 11.1. The van der Waals surface area contributed by atoms with Crippen LogP contribution < -0.4 is 15.0 Å². The van der Waals surface area contributed by atoms with Gasteiger partial charge < -0.3 is 19.9 Å². The Labute approximate surface area is 207 Å². The first-order valence-corrected chi connectivity index (χ1v) is 12.6. The number of rotatable bonds is 6. The van der Waals surface area contributed by atoms with Gasteiger partial charge in [-0.25, -0.2) is 0 Å². The maximum absolute atomic E-state index is 13.6. The van der Waals surface area contributed by atoms with Crippen LogP contribution in [-0.2, 0) is 4.79 Å². The van der Waals surface area contributed by atoms with Crippen molar-refractivity contribution in [3.63, 3.8) is 0 Å². The predicted molar refractivity (Wildman–Crippen MR) is 137 cm³/mol. The molecular formula is C27H34ClN3O3. The zero-order chi connectivity index (χ0) is 24.1. The number of hydrogen-bond donors (Lipinski definition) is 1. The van der Waals surface area contributed by atoms with Gasteiger partial charge in [0.1, 0.15) is 5.75 Å². The molecule has 2 aromatic carbocycles. The van der Waals surface area contributed by atoms with Gasteiger partial charge in [0.15, 0.2) is 6.61 Å². The van der Waals surface area contributed by atoms with Crippen LogP contribution in [0.4, 0.5) is 11.4 Å². The van der Waals surface area contributed by atoms with Gasteiger partial charge in [0.25, 0.3) is 11.8 Å². The molecule has 2 amide bonds. The molecule has 0 saturated carbocycles. The van der Waals surface area contributed by atoms with Crippen LogP contribution in [0.5, 0.6) is 5.75 Å². The van der Waals surface area contributed by atoms with E-state index in [2.05, 4.69) is 24.1 Å². The molecule has 0 atom stereocenters. The van der Waals surface area contributed by atoms with E-state index in [0.29, 0.717) is 33.9 Å². The minimum atomic E-state index is -0.278. The van der Waals surface area contributed by atoms with E-state index in [-0.39, 0.29) is 18.4 Å². The van der Waals surface area contributed by atoms with Crippen molar-refractivity contribution in [1.29, 1.82) is 0 Å². The molecule has 0 aromatic heterocycles. The molecule has 0 radical (unpaired) electrons. The van der Waals surface area contributed by atoms with Crippen molar-refractivity contribution in [2.75, 3.05) is 43.0 Å². The first-order valence-electron chi connectivity index (χ1n) is 12.3. The van der Waals surface area contributed by atoms with Gasteiger partial charge in [0.2, 0.25) is 0 Å². The van der Waals surface area contributed by atoms with E-state index in [1.165, 1.54) is 0 Å². The molecule has 2 fully saturated rings. The lowest BCUT2D eigenvalue weighted by Crippen LogP contribution is -2.40. The Morgan fingerprint density at radius 2 is 1.56 bits per heavy atom. The SMILES string of the molecule is CC1CCN(C(=O)c2cc(NC(=O)COc3ccc(Cl)cc3)ccc2N2CCC(C)CC2)CC1. The maximum atomic E-state index is 13.6. The van der Waals surface area contributed by atoms with Crippen LogP contribution in [0.25, 0.3) is 0 Å². The summed E-state index contributed by atoms with van der Waals surface area (Å²) in [6, 6.07) is 12.6. The summed E-state index contributed by atoms with van der Waals surface area (Å²) in [4.78, 5) is 30.4. The van der Waals surface area contributed by atoms with Gasteiger partial charge in [-0.3, -0.25) is 9.59 Å². The van der Waals surface area contributed by atoms with Crippen LogP contribution in [0.2, 0.25) is 5.02 Å². The summed E-state index contributed by atoms with van der Waals surface area (Å²) in [5.41, 5.74) is 2.24. The van der Waals surface area contributed by atoms with Crippen LogP contribution in [-0.4, -0.2) is 49.5 Å². The molecule has 7 heteroatoms. The zero-order valence-corrected chi connectivity index (χ0v) is 20.8. The molecule has 2 aromatic rings. The largest absolute Gasteiger partial charge is 0.484 e. The number of likely N-dealkylation sites (tertiary alicyclic amines) is 1. The third kappa shape index (κ3) is 6.23. The van der Waals surface area contributed by atoms with E-state index >= 15 is 0 Å². The van der Waals surface area contributed by atoms with Crippen molar-refractivity contribution in [3.8, 4) is 5.75 Å². The predicted octanol–water partition coefficient (Wildman–Crippen LogP) is 5.47. The molecule has 2 heterocycles. The number of nitrogens with zero attached hydrogens (tertiary/aromatic N) is 2. The third-order valence-electron chi connectivity index (χ3n) is 6.89. The molecule has 0 aliphatic carbocycles. The number of amides is 2. The molecule has 0 bridgehead atoms. The fourth-order valence-electron chi connectivity index (χ4n) is 4.57. The number of nitrogens with one attached hydrogen (secondary N) is 1. The summed E-state index contributed by atoms with van der Waals surface area (Å²) in [6.07, 6.45) is 4.30. The minimum absolute atomic E-state index is 0.0500. The number of carbonyl (C=O) groups excluding carboxylic acids is 2. The van der Waals surface area contributed by atoms with E-state index in [4.69, 9.17) is 16.3 Å². The number of anilines is 2. The monoisotopic (exact) mass is 483 g/mol. The van der Waals surface area contributed by atoms with E-state index in [1.54, 1.807) is 24.3 Å². The van der Waals surface area contributed by atoms with Crippen LogP contribution in [0.3, 0.4) is 0 Å². The fourth-order valence-corrected chi connectivity index (χ4v) is 4.70. The summed E-state index contributed by atoms with van der Waals surface area (Å²) in [7, 11) is 0. The van der Waals surface area contributed by atoms with E-state index in [1.807, 2.05) is 23.1 Å². The molecule has 2 saturated heterocycles. The maximum Gasteiger partial charge on any atom is 0.262 e. The number of benzene rings is 2. The molecule has 34 heavy (non-hydrogen) atoms. The van der Waals surface area contributed by atoms with Gasteiger partial charge in [0, 0.05) is 42.6 Å². The van der Waals surface area contributed by atoms with E-state index < -0.39 is 0 Å². The van der Waals surface area contributed by atoms with Crippen molar-refractivity contribution in [3.05, 3.63) is 53.1 Å². The third-order valence-corrected chi connectivity index (χ3v) is 7.14. The van der Waals surface area contributed by atoms with Gasteiger partial charge in [-0.05, 0) is 80.0 Å². The van der Waals surface area contributed by atoms with Gasteiger partial charge in [0.05, 0.1) is 5.56 Å². The van der Waals surface area contributed by atoms with Crippen LogP contribution in [0.15, 0.2) is 42.5 Å². The zero-order valence-electron chi connectivity index (χ0n) is 20.1. The average Bonchev–Trinajstić information content (AvgIpc) is 2.84. The highest BCUT2D eigenvalue weighted by Gasteiger charge is 2.27. The lowest BCUT2D eigenvalue weighted by atomic mass is 9.96. The normalized spacial score (nSPS) is 17.5. The lowest BCUT2D eigenvalue weighted by Gasteiger charge is -2.35. The van der Waals surface area contributed by atoms with Gasteiger partial charge in [-0.1, -0.05) is 25.4 Å². The summed E-state index contributed by atoms with van der Waals surface area (Å²) < 4.78 is 5.55. The van der Waals surface area contributed by atoms with Gasteiger partial charge in [-0.15, -0.1) is 0 Å². The first kappa shape index (κ1) is 24.4. The van der Waals surface area contributed by atoms with Crippen LogP contribution >= 0.6 is 11.6 Å². The smallest absolute Gasteiger partial charge is 0.262 e. The Morgan fingerprint density at radius 3 is 2.21 bits per heavy atom. The number of hydrogen-bond acceptors (Lipinski definition) is 4. The second-order valence-electron chi connectivity index (χ2n) is 9.67. The molecule has 6 nitrogen and oxygen atoms in total. The quantitative estimate of drug-likeness (QED) is 0.592. The fraction of sp³-hybridized carbons (Fsp3) is 0.481. The Hall–Kier alpha value is -2.73. The average molecular weight is 484 g/mol. The first-order chi connectivity index (χ1) is 16.4. The van der Waals surface area contributed by atoms with Crippen LogP contribution in [0.1, 0.15) is 49.9 Å². The van der Waals surface area contributed by atoms with Crippen molar-refractivity contribution in [2.24, 2.45) is 11.8 Å². The molecule has 2 aliphatic rings. The summed E-state index contributed by atoms with van der Waals surface area (Å²) in [5, 5.41) is 3.50. The van der Waals surface area contributed by atoms with Gasteiger partial charge in [-0.2, -0.15) is 0 Å². The number of halogens is 1. The summed E-state index contributed by atoms with van der Waals surface area (Å²) >= 11 is 5.89. The second-order valence-corrected chi connectivity index (χ2v) is 10.1. The van der Waals surface area contributed by atoms with E-state index in [0.717, 1.165) is 57.5 Å². The Morgan fingerprint density at radius 1 is 0.941 bits per heavy atom. The van der Waals surface area contributed by atoms with Crippen LogP contribution in [0, 0.1) is 11.8 Å². The summed E-state index contributed by atoms with van der Waals surface area (Å²) in [5.74, 6) is 1.70.